The van der Waals surface area contributed by atoms with Crippen molar-refractivity contribution in [2.24, 2.45) is 0 Å². The van der Waals surface area contributed by atoms with Crippen LogP contribution >= 0.6 is 0 Å². The first kappa shape index (κ1) is 14.4. The second kappa shape index (κ2) is 5.81. The Morgan fingerprint density at radius 1 is 1.17 bits per heavy atom. The fourth-order valence-electron chi connectivity index (χ4n) is 2.76. The first-order chi connectivity index (χ1) is 11.7. The van der Waals surface area contributed by atoms with Crippen LogP contribution in [0.25, 0.3) is 5.69 Å². The molecule has 1 amide bonds. The second-order valence-electron chi connectivity index (χ2n) is 5.42. The van der Waals surface area contributed by atoms with E-state index in [0.29, 0.717) is 30.2 Å². The minimum atomic E-state index is -0.401. The monoisotopic (exact) mass is 323 g/mol. The van der Waals surface area contributed by atoms with Crippen LogP contribution in [0.4, 0.5) is 10.1 Å². The molecule has 0 fully saturated rings. The summed E-state index contributed by atoms with van der Waals surface area (Å²) >= 11 is 0. The van der Waals surface area contributed by atoms with E-state index in [2.05, 4.69) is 5.10 Å². The Kier molecular flexibility index (Phi) is 3.49. The summed E-state index contributed by atoms with van der Waals surface area (Å²) in [6.45, 7) is 0.754. The van der Waals surface area contributed by atoms with Crippen molar-refractivity contribution in [2.45, 2.75) is 0 Å². The highest BCUT2D eigenvalue weighted by molar-refractivity contribution is 6.07. The van der Waals surface area contributed by atoms with Crippen LogP contribution in [0.15, 0.2) is 60.9 Å². The fourth-order valence-corrected chi connectivity index (χ4v) is 2.76. The number of amides is 1. The van der Waals surface area contributed by atoms with Crippen LogP contribution in [0.1, 0.15) is 10.4 Å². The first-order valence-electron chi connectivity index (χ1n) is 7.57. The summed E-state index contributed by atoms with van der Waals surface area (Å²) in [6, 6.07) is 13.2. The van der Waals surface area contributed by atoms with E-state index in [1.54, 1.807) is 40.0 Å². The van der Waals surface area contributed by atoms with Crippen molar-refractivity contribution < 1.29 is 13.9 Å². The van der Waals surface area contributed by atoms with Gasteiger partial charge in [-0.25, -0.2) is 9.07 Å². The normalized spacial score (nSPS) is 13.3. The lowest BCUT2D eigenvalue weighted by Crippen LogP contribution is -2.38. The van der Waals surface area contributed by atoms with Gasteiger partial charge in [0.15, 0.2) is 0 Å². The van der Waals surface area contributed by atoms with Crippen LogP contribution in [-0.2, 0) is 0 Å². The zero-order chi connectivity index (χ0) is 16.5. The van der Waals surface area contributed by atoms with Crippen molar-refractivity contribution in [3.8, 4) is 11.4 Å². The van der Waals surface area contributed by atoms with Crippen LogP contribution in [-0.4, -0.2) is 28.8 Å². The first-order valence-corrected chi connectivity index (χ1v) is 7.57. The summed E-state index contributed by atoms with van der Waals surface area (Å²) in [5.74, 6) is -0.0827. The molecule has 0 saturated carbocycles. The van der Waals surface area contributed by atoms with Gasteiger partial charge < -0.3 is 9.64 Å². The smallest absolute Gasteiger partial charge is 0.258 e. The summed E-state index contributed by atoms with van der Waals surface area (Å²) < 4.78 is 20.8. The summed E-state index contributed by atoms with van der Waals surface area (Å²) in [5, 5.41) is 4.17. The van der Waals surface area contributed by atoms with Gasteiger partial charge in [0.05, 0.1) is 17.9 Å². The number of nitrogens with zero attached hydrogens (tertiary/aromatic N) is 3. The maximum absolute atomic E-state index is 13.6. The zero-order valence-electron chi connectivity index (χ0n) is 12.7. The van der Waals surface area contributed by atoms with Gasteiger partial charge in [0.25, 0.3) is 5.91 Å². The maximum atomic E-state index is 13.6. The Bertz CT molecular complexity index is 893. The lowest BCUT2D eigenvalue weighted by atomic mass is 10.1. The Labute approximate surface area is 137 Å². The molecule has 0 aliphatic carbocycles. The van der Waals surface area contributed by atoms with E-state index in [-0.39, 0.29) is 5.91 Å². The van der Waals surface area contributed by atoms with Crippen LogP contribution in [0.5, 0.6) is 5.75 Å². The van der Waals surface area contributed by atoms with Gasteiger partial charge in [-0.3, -0.25) is 4.79 Å². The Hall–Kier alpha value is -3.15. The Morgan fingerprint density at radius 2 is 2.08 bits per heavy atom. The quantitative estimate of drug-likeness (QED) is 0.728. The van der Waals surface area contributed by atoms with Crippen LogP contribution in [0.3, 0.4) is 0 Å². The number of fused-ring (bicyclic) bond motifs is 1. The minimum Gasteiger partial charge on any atom is -0.490 e. The molecule has 24 heavy (non-hydrogen) atoms. The molecule has 1 aromatic heterocycles. The topological polar surface area (TPSA) is 47.4 Å². The lowest BCUT2D eigenvalue weighted by molar-refractivity contribution is 0.0976. The van der Waals surface area contributed by atoms with Crippen molar-refractivity contribution in [2.75, 3.05) is 18.1 Å². The molecule has 3 aromatic rings. The molecule has 1 aliphatic rings. The molecular weight excluding hydrogens is 309 g/mol. The van der Waals surface area contributed by atoms with Gasteiger partial charge in [-0.05, 0) is 36.4 Å². The van der Waals surface area contributed by atoms with E-state index >= 15 is 0 Å². The molecule has 0 N–H and O–H groups in total. The van der Waals surface area contributed by atoms with Gasteiger partial charge in [0.2, 0.25) is 0 Å². The molecule has 2 heterocycles. The molecule has 2 aromatic carbocycles. The van der Waals surface area contributed by atoms with Crippen LogP contribution in [0.2, 0.25) is 0 Å². The number of hydrogen-bond acceptors (Lipinski definition) is 3. The second-order valence-corrected chi connectivity index (χ2v) is 5.42. The van der Waals surface area contributed by atoms with Crippen molar-refractivity contribution >= 4 is 11.6 Å². The Morgan fingerprint density at radius 3 is 2.92 bits per heavy atom. The summed E-state index contributed by atoms with van der Waals surface area (Å²) in [6.07, 6.45) is 3.48. The highest BCUT2D eigenvalue weighted by atomic mass is 19.1. The van der Waals surface area contributed by atoms with Gasteiger partial charge in [0, 0.05) is 24.0 Å². The molecule has 4 rings (SSSR count). The third kappa shape index (κ3) is 2.52. The number of rotatable bonds is 2. The molecule has 120 valence electrons. The van der Waals surface area contributed by atoms with Gasteiger partial charge in [-0.1, -0.05) is 6.07 Å². The third-order valence-corrected chi connectivity index (χ3v) is 3.89. The lowest BCUT2D eigenvalue weighted by Gasteiger charge is -2.29. The van der Waals surface area contributed by atoms with Gasteiger partial charge in [0.1, 0.15) is 18.2 Å². The number of aromatic nitrogens is 2. The maximum Gasteiger partial charge on any atom is 0.258 e. The number of carbonyl (C=O) groups excluding carboxylic acids is 1. The number of ether oxygens (including phenoxy) is 1. The molecular formula is C18H14FN3O2. The highest BCUT2D eigenvalue weighted by Gasteiger charge is 2.25. The molecule has 5 nitrogen and oxygen atoms in total. The third-order valence-electron chi connectivity index (χ3n) is 3.89. The van der Waals surface area contributed by atoms with Gasteiger partial charge in [-0.2, -0.15) is 5.10 Å². The van der Waals surface area contributed by atoms with E-state index in [1.165, 1.54) is 12.1 Å². The SMILES string of the molecule is O=C(c1cccc(-n2cccn2)c1)N1CCOc2ccc(F)cc21. The van der Waals surface area contributed by atoms with E-state index < -0.39 is 5.82 Å². The molecule has 0 bridgehead atoms. The molecule has 0 unspecified atom stereocenters. The van der Waals surface area contributed by atoms with E-state index in [0.717, 1.165) is 5.69 Å². The molecule has 6 heteroatoms. The number of benzene rings is 2. The Balaban J connectivity index is 1.71. The number of hydrogen-bond donors (Lipinski definition) is 0. The van der Waals surface area contributed by atoms with Crippen molar-refractivity contribution in [3.05, 3.63) is 72.3 Å². The van der Waals surface area contributed by atoms with Crippen molar-refractivity contribution in [1.82, 2.24) is 9.78 Å². The molecule has 0 atom stereocenters. The molecule has 0 spiro atoms. The van der Waals surface area contributed by atoms with E-state index in [4.69, 9.17) is 4.74 Å². The number of carbonyl (C=O) groups is 1. The summed E-state index contributed by atoms with van der Waals surface area (Å²) in [5.41, 5.74) is 1.76. The molecule has 0 saturated heterocycles. The predicted molar refractivity (Wildman–Crippen MR) is 87.1 cm³/mol. The predicted octanol–water partition coefficient (Wildman–Crippen LogP) is 3.05. The van der Waals surface area contributed by atoms with E-state index in [9.17, 15) is 9.18 Å². The average molecular weight is 323 g/mol. The zero-order valence-corrected chi connectivity index (χ0v) is 12.7. The number of anilines is 1. The number of halogens is 1. The highest BCUT2D eigenvalue weighted by Crippen LogP contribution is 2.33. The largest absolute Gasteiger partial charge is 0.490 e. The van der Waals surface area contributed by atoms with Gasteiger partial charge >= 0.3 is 0 Å². The van der Waals surface area contributed by atoms with Crippen molar-refractivity contribution in [1.29, 1.82) is 0 Å². The minimum absolute atomic E-state index is 0.195. The van der Waals surface area contributed by atoms with Crippen LogP contribution in [0, 0.1) is 5.82 Å². The van der Waals surface area contributed by atoms with Gasteiger partial charge in [-0.15, -0.1) is 0 Å². The van der Waals surface area contributed by atoms with Crippen LogP contribution < -0.4 is 9.64 Å². The van der Waals surface area contributed by atoms with E-state index in [1.807, 2.05) is 18.3 Å². The van der Waals surface area contributed by atoms with Crippen molar-refractivity contribution in [3.63, 3.8) is 0 Å². The standard InChI is InChI=1S/C18H14FN3O2/c19-14-5-6-17-16(12-14)21(9-10-24-17)18(23)13-3-1-4-15(11-13)22-8-2-7-20-22/h1-8,11-12H,9-10H2. The molecule has 1 aliphatic heterocycles. The average Bonchev–Trinajstić information content (AvgIpc) is 3.15. The molecule has 0 radical (unpaired) electrons. The fraction of sp³-hybridized carbons (Fsp3) is 0.111. The summed E-state index contributed by atoms with van der Waals surface area (Å²) in [4.78, 5) is 14.5. The summed E-state index contributed by atoms with van der Waals surface area (Å²) in [7, 11) is 0.